The molecule has 0 bridgehead atoms. The molecule has 6 heteroatoms. The number of ether oxygens (including phenoxy) is 3. The number of carbonyl (C=O) groups is 2. The molecular formula is C50H37NO5. The van der Waals surface area contributed by atoms with Crippen molar-refractivity contribution in [2.75, 3.05) is 18.1 Å². The van der Waals surface area contributed by atoms with Crippen LogP contribution in [-0.2, 0) is 9.47 Å². The summed E-state index contributed by atoms with van der Waals surface area (Å²) in [5.74, 6) is 0.461. The van der Waals surface area contributed by atoms with Crippen molar-refractivity contribution in [1.29, 1.82) is 0 Å². The number of rotatable bonds is 8. The van der Waals surface area contributed by atoms with E-state index in [1.165, 1.54) is 0 Å². The van der Waals surface area contributed by atoms with E-state index in [2.05, 4.69) is 47.4 Å². The molecule has 56 heavy (non-hydrogen) atoms. The van der Waals surface area contributed by atoms with Gasteiger partial charge in [-0.2, -0.15) is 0 Å². The molecule has 1 aliphatic heterocycles. The summed E-state index contributed by atoms with van der Waals surface area (Å²) in [5, 5.41) is 3.89. The van der Waals surface area contributed by atoms with Gasteiger partial charge in [-0.15, -0.1) is 0 Å². The monoisotopic (exact) mass is 731 g/mol. The summed E-state index contributed by atoms with van der Waals surface area (Å²) >= 11 is 0. The second kappa shape index (κ2) is 14.6. The quantitative estimate of drug-likeness (QED) is 0.145. The zero-order valence-corrected chi connectivity index (χ0v) is 31.0. The highest BCUT2D eigenvalue weighted by molar-refractivity contribution is 6.10. The first-order chi connectivity index (χ1) is 27.5. The van der Waals surface area contributed by atoms with Crippen LogP contribution in [0.2, 0.25) is 0 Å². The van der Waals surface area contributed by atoms with Gasteiger partial charge in [-0.25, -0.2) is 9.59 Å². The smallest absolute Gasteiger partial charge is 0.338 e. The van der Waals surface area contributed by atoms with E-state index in [-0.39, 0.29) is 25.2 Å². The van der Waals surface area contributed by atoms with Crippen molar-refractivity contribution < 1.29 is 23.8 Å². The maximum Gasteiger partial charge on any atom is 0.338 e. The van der Waals surface area contributed by atoms with Crippen molar-refractivity contribution in [2.45, 2.75) is 13.8 Å². The highest BCUT2D eigenvalue weighted by Gasteiger charge is 2.30. The second-order valence-electron chi connectivity index (χ2n) is 13.5. The van der Waals surface area contributed by atoms with Crippen LogP contribution in [-0.4, -0.2) is 25.2 Å². The number of fused-ring (bicyclic) bond motifs is 4. The Kier molecular flexibility index (Phi) is 9.00. The lowest BCUT2D eigenvalue weighted by molar-refractivity contribution is 0.0518. The van der Waals surface area contributed by atoms with E-state index in [1.54, 1.807) is 0 Å². The minimum atomic E-state index is -0.382. The van der Waals surface area contributed by atoms with E-state index in [9.17, 15) is 9.59 Å². The van der Waals surface area contributed by atoms with Gasteiger partial charge in [0.1, 0.15) is 0 Å². The molecule has 0 aliphatic carbocycles. The highest BCUT2D eigenvalue weighted by Crippen LogP contribution is 2.54. The van der Waals surface area contributed by atoms with Gasteiger partial charge in [0, 0.05) is 16.7 Å². The molecule has 0 atom stereocenters. The maximum absolute atomic E-state index is 13.4. The van der Waals surface area contributed by atoms with Crippen LogP contribution in [0.5, 0.6) is 11.5 Å². The van der Waals surface area contributed by atoms with E-state index < -0.39 is 0 Å². The van der Waals surface area contributed by atoms with Gasteiger partial charge < -0.3 is 19.1 Å². The standard InChI is InChI=1S/C50H37NO5/c1-3-54-49(52)40-26-22-33-16-8-10-19-38(33)47(40)35-24-28-43-45(30-35)56-46-31-36(48-39-20-11-9-17-34(39)23-27-41(48)50(53)55-4-2)25-29-44(46)51(43)42-21-13-12-18-37(42)32-14-6-5-7-15-32/h5-31H,3-4H2,1-2H3. The first kappa shape index (κ1) is 34.6. The molecule has 0 aromatic heterocycles. The maximum atomic E-state index is 13.4. The van der Waals surface area contributed by atoms with E-state index >= 15 is 0 Å². The minimum absolute atomic E-state index is 0.266. The number of hydrogen-bond donors (Lipinski definition) is 0. The Morgan fingerprint density at radius 3 is 1.50 bits per heavy atom. The first-order valence-electron chi connectivity index (χ1n) is 18.8. The fourth-order valence-corrected chi connectivity index (χ4v) is 7.83. The zero-order valence-electron chi connectivity index (χ0n) is 31.0. The third-order valence-electron chi connectivity index (χ3n) is 10.3. The molecule has 0 fully saturated rings. The molecule has 1 aliphatic rings. The number of benzene rings is 8. The van der Waals surface area contributed by atoms with Gasteiger partial charge in [-0.3, -0.25) is 0 Å². The van der Waals surface area contributed by atoms with E-state index in [1.807, 2.05) is 135 Å². The average molecular weight is 732 g/mol. The fourth-order valence-electron chi connectivity index (χ4n) is 7.83. The van der Waals surface area contributed by atoms with E-state index in [4.69, 9.17) is 14.2 Å². The van der Waals surface area contributed by atoms with Crippen LogP contribution in [0, 0.1) is 0 Å². The van der Waals surface area contributed by atoms with Crippen LogP contribution < -0.4 is 9.64 Å². The summed E-state index contributed by atoms with van der Waals surface area (Å²) in [6, 6.07) is 54.6. The predicted molar refractivity (Wildman–Crippen MR) is 224 cm³/mol. The Morgan fingerprint density at radius 1 is 0.482 bits per heavy atom. The molecule has 0 saturated heterocycles. The molecule has 8 aromatic rings. The SMILES string of the molecule is CCOC(=O)c1ccc2ccccc2c1-c1ccc2c(c1)Oc1cc(-c3c(C(=O)OCC)ccc4ccccc34)ccc1N2c1ccccc1-c1ccccc1. The summed E-state index contributed by atoms with van der Waals surface area (Å²) in [7, 11) is 0. The normalized spacial score (nSPS) is 11.8. The fraction of sp³-hybridized carbons (Fsp3) is 0.0800. The van der Waals surface area contributed by atoms with Gasteiger partial charge in [-0.05, 0) is 94.5 Å². The van der Waals surface area contributed by atoms with Crippen molar-refractivity contribution in [1.82, 2.24) is 0 Å². The molecule has 9 rings (SSSR count). The van der Waals surface area contributed by atoms with Gasteiger partial charge in [-0.1, -0.05) is 121 Å². The van der Waals surface area contributed by atoms with Crippen molar-refractivity contribution >= 4 is 50.5 Å². The highest BCUT2D eigenvalue weighted by atomic mass is 16.5. The topological polar surface area (TPSA) is 65.1 Å². The van der Waals surface area contributed by atoms with Gasteiger partial charge in [0.05, 0.1) is 41.4 Å². The lowest BCUT2D eigenvalue weighted by atomic mass is 9.91. The summed E-state index contributed by atoms with van der Waals surface area (Å²) in [4.78, 5) is 29.1. The summed E-state index contributed by atoms with van der Waals surface area (Å²) in [5.41, 5.74) is 8.94. The Bertz CT molecular complexity index is 2660. The molecular weight excluding hydrogens is 695 g/mol. The van der Waals surface area contributed by atoms with Crippen molar-refractivity contribution in [2.24, 2.45) is 0 Å². The van der Waals surface area contributed by atoms with E-state index in [0.29, 0.717) is 22.6 Å². The molecule has 0 spiro atoms. The Balaban J connectivity index is 1.28. The number of nitrogens with zero attached hydrogens (tertiary/aromatic N) is 1. The van der Waals surface area contributed by atoms with Crippen LogP contribution in [0.15, 0.2) is 164 Å². The Labute approximate surface area is 325 Å². The zero-order chi connectivity index (χ0) is 38.2. The van der Waals surface area contributed by atoms with Gasteiger partial charge >= 0.3 is 11.9 Å². The third-order valence-corrected chi connectivity index (χ3v) is 10.3. The molecule has 0 unspecified atom stereocenters. The lowest BCUT2D eigenvalue weighted by Gasteiger charge is -2.35. The number of carbonyl (C=O) groups excluding carboxylic acids is 2. The summed E-state index contributed by atoms with van der Waals surface area (Å²) < 4.78 is 18.0. The second-order valence-corrected chi connectivity index (χ2v) is 13.5. The molecule has 0 N–H and O–H groups in total. The van der Waals surface area contributed by atoms with Crippen molar-refractivity contribution in [3.05, 3.63) is 175 Å². The predicted octanol–water partition coefficient (Wildman–Crippen LogP) is 12.9. The number of esters is 2. The van der Waals surface area contributed by atoms with Crippen molar-refractivity contribution in [3.8, 4) is 44.9 Å². The Morgan fingerprint density at radius 2 is 0.964 bits per heavy atom. The third kappa shape index (κ3) is 6.02. The average Bonchev–Trinajstić information content (AvgIpc) is 3.24. The number of para-hydroxylation sites is 1. The van der Waals surface area contributed by atoms with Gasteiger partial charge in [0.25, 0.3) is 0 Å². The molecule has 0 saturated carbocycles. The largest absolute Gasteiger partial charge is 0.462 e. The van der Waals surface area contributed by atoms with Crippen LogP contribution in [0.3, 0.4) is 0 Å². The first-order valence-corrected chi connectivity index (χ1v) is 18.8. The number of hydrogen-bond acceptors (Lipinski definition) is 6. The molecule has 1 heterocycles. The molecule has 0 amide bonds. The van der Waals surface area contributed by atoms with Crippen LogP contribution >= 0.6 is 0 Å². The molecule has 6 nitrogen and oxygen atoms in total. The van der Waals surface area contributed by atoms with Gasteiger partial charge in [0.15, 0.2) is 11.5 Å². The minimum Gasteiger partial charge on any atom is -0.462 e. The summed E-state index contributed by atoms with van der Waals surface area (Å²) in [6.45, 7) is 4.16. The molecule has 0 radical (unpaired) electrons. The van der Waals surface area contributed by atoms with Crippen LogP contribution in [0.25, 0.3) is 54.9 Å². The van der Waals surface area contributed by atoms with Crippen LogP contribution in [0.4, 0.5) is 17.1 Å². The lowest BCUT2D eigenvalue weighted by Crippen LogP contribution is -2.17. The van der Waals surface area contributed by atoms with Crippen LogP contribution in [0.1, 0.15) is 34.6 Å². The molecule has 272 valence electrons. The van der Waals surface area contributed by atoms with Crippen molar-refractivity contribution in [3.63, 3.8) is 0 Å². The Hall–Kier alpha value is -7.18. The molecule has 8 aromatic carbocycles. The van der Waals surface area contributed by atoms with E-state index in [0.717, 1.165) is 72.0 Å². The van der Waals surface area contributed by atoms with Gasteiger partial charge in [0.2, 0.25) is 0 Å². The summed E-state index contributed by atoms with van der Waals surface area (Å²) in [6.07, 6.45) is 0. The number of anilines is 3.